The van der Waals surface area contributed by atoms with Crippen LogP contribution in [0.15, 0.2) is 23.1 Å². The van der Waals surface area contributed by atoms with Crippen LogP contribution in [0.25, 0.3) is 0 Å². The normalized spacial score (nSPS) is 18.9. The molecule has 0 N–H and O–H groups in total. The van der Waals surface area contributed by atoms with E-state index in [1.807, 2.05) is 0 Å². The van der Waals surface area contributed by atoms with Gasteiger partial charge in [-0.3, -0.25) is 4.79 Å². The molecule has 1 amide bonds. The van der Waals surface area contributed by atoms with Crippen molar-refractivity contribution in [3.63, 3.8) is 0 Å². The van der Waals surface area contributed by atoms with Gasteiger partial charge in [0.05, 0.1) is 21.4 Å². The second-order valence-electron chi connectivity index (χ2n) is 5.56. The summed E-state index contributed by atoms with van der Waals surface area (Å²) in [6, 6.07) is 1.51. The van der Waals surface area contributed by atoms with Crippen molar-refractivity contribution < 1.29 is 26.4 Å². The molecule has 1 aliphatic rings. The van der Waals surface area contributed by atoms with Gasteiger partial charge in [-0.15, -0.1) is 11.8 Å². The summed E-state index contributed by atoms with van der Waals surface area (Å²) in [7, 11) is -4.28. The number of rotatable bonds is 5. The molecular weight excluding hydrogens is 413 g/mol. The fourth-order valence-electron chi connectivity index (χ4n) is 2.62. The topological polar surface area (TPSA) is 57.7 Å². The molecule has 0 aliphatic carbocycles. The van der Waals surface area contributed by atoms with Crippen molar-refractivity contribution in [2.75, 3.05) is 24.7 Å². The number of benzene rings is 1. The van der Waals surface area contributed by atoms with Gasteiger partial charge in [-0.05, 0) is 32.0 Å². The van der Waals surface area contributed by atoms with Crippen molar-refractivity contribution in [1.29, 1.82) is 0 Å². The van der Waals surface area contributed by atoms with Gasteiger partial charge >= 0.3 is 6.18 Å². The summed E-state index contributed by atoms with van der Waals surface area (Å²) in [4.78, 5) is 13.6. The number of nitrogens with zero attached hydrogens (tertiary/aromatic N) is 2. The molecular formula is C15H18ClF3N2O3S2. The molecule has 0 bridgehead atoms. The fourth-order valence-corrected chi connectivity index (χ4v) is 6.01. The molecule has 1 aromatic rings. The van der Waals surface area contributed by atoms with E-state index in [0.29, 0.717) is 19.2 Å². The lowest BCUT2D eigenvalue weighted by Gasteiger charge is -2.28. The van der Waals surface area contributed by atoms with Gasteiger partial charge < -0.3 is 4.90 Å². The fraction of sp³-hybridized carbons (Fsp3) is 0.533. The molecule has 2 rings (SSSR count). The number of amides is 1. The van der Waals surface area contributed by atoms with E-state index in [2.05, 4.69) is 0 Å². The monoisotopic (exact) mass is 430 g/mol. The molecule has 1 unspecified atom stereocenters. The van der Waals surface area contributed by atoms with E-state index in [0.717, 1.165) is 16.4 Å². The van der Waals surface area contributed by atoms with Crippen LogP contribution in [0, 0.1) is 0 Å². The Bertz CT molecular complexity index is 783. The highest BCUT2D eigenvalue weighted by Crippen LogP contribution is 2.37. The van der Waals surface area contributed by atoms with Gasteiger partial charge in [0.1, 0.15) is 6.04 Å². The molecule has 1 saturated heterocycles. The number of sulfonamides is 1. The van der Waals surface area contributed by atoms with Crippen LogP contribution < -0.4 is 0 Å². The Morgan fingerprint density at radius 1 is 1.35 bits per heavy atom. The van der Waals surface area contributed by atoms with Gasteiger partial charge in [-0.25, -0.2) is 8.42 Å². The smallest absolute Gasteiger partial charge is 0.342 e. The van der Waals surface area contributed by atoms with Gasteiger partial charge in [0.2, 0.25) is 15.9 Å². The summed E-state index contributed by atoms with van der Waals surface area (Å²) < 4.78 is 65.8. The number of likely N-dealkylation sites (N-methyl/N-ethyl adjacent to an activating group) is 1. The Balaban J connectivity index is 2.42. The lowest BCUT2D eigenvalue weighted by atomic mass is 10.2. The zero-order valence-corrected chi connectivity index (χ0v) is 16.5. The molecule has 5 nitrogen and oxygen atoms in total. The summed E-state index contributed by atoms with van der Waals surface area (Å²) >= 11 is 6.80. The Morgan fingerprint density at radius 3 is 2.50 bits per heavy atom. The van der Waals surface area contributed by atoms with E-state index in [9.17, 15) is 26.4 Å². The van der Waals surface area contributed by atoms with Gasteiger partial charge in [-0.2, -0.15) is 17.5 Å². The second kappa shape index (κ2) is 7.95. The average molecular weight is 431 g/mol. The average Bonchev–Trinajstić information content (AvgIpc) is 3.05. The summed E-state index contributed by atoms with van der Waals surface area (Å²) in [5.74, 6) is -0.0910. The van der Waals surface area contributed by atoms with Crippen LogP contribution in [0.4, 0.5) is 13.2 Å². The Labute approximate surface area is 159 Å². The highest BCUT2D eigenvalue weighted by atomic mass is 35.5. The Hall–Kier alpha value is -0.970. The first-order valence-corrected chi connectivity index (χ1v) is 10.8. The highest BCUT2D eigenvalue weighted by molar-refractivity contribution is 8.00. The first-order valence-electron chi connectivity index (χ1n) is 7.79. The molecule has 1 aromatic carbocycles. The van der Waals surface area contributed by atoms with Gasteiger partial charge in [-0.1, -0.05) is 11.6 Å². The molecule has 0 saturated carbocycles. The molecule has 26 heavy (non-hydrogen) atoms. The maximum Gasteiger partial charge on any atom is 0.417 e. The third kappa shape index (κ3) is 4.13. The van der Waals surface area contributed by atoms with Crippen molar-refractivity contribution >= 4 is 39.3 Å². The zero-order chi connectivity index (χ0) is 19.7. The number of alkyl halides is 3. The molecule has 11 heteroatoms. The van der Waals surface area contributed by atoms with Crippen LogP contribution in [0.1, 0.15) is 19.4 Å². The zero-order valence-electron chi connectivity index (χ0n) is 14.1. The molecule has 0 radical (unpaired) electrons. The first-order chi connectivity index (χ1) is 12.0. The number of hydrogen-bond acceptors (Lipinski definition) is 4. The molecule has 1 atom stereocenters. The van der Waals surface area contributed by atoms with Crippen molar-refractivity contribution in [3.05, 3.63) is 28.8 Å². The minimum Gasteiger partial charge on any atom is -0.342 e. The largest absolute Gasteiger partial charge is 0.417 e. The Kier molecular flexibility index (Phi) is 6.53. The van der Waals surface area contributed by atoms with E-state index in [4.69, 9.17) is 11.6 Å². The molecule has 0 aromatic heterocycles. The minimum atomic E-state index is -4.78. The quantitative estimate of drug-likeness (QED) is 0.719. The molecule has 146 valence electrons. The van der Waals surface area contributed by atoms with Crippen LogP contribution in [-0.2, 0) is 21.0 Å². The third-order valence-corrected chi connectivity index (χ3v) is 7.41. The number of carbonyl (C=O) groups is 1. The van der Waals surface area contributed by atoms with E-state index >= 15 is 0 Å². The van der Waals surface area contributed by atoms with Crippen LogP contribution in [0.5, 0.6) is 0 Å². The standard InChI is InChI=1S/C15H18ClF3N2O3S2/c1-3-20(4-2)14(22)13-8-25-9-21(13)26(23,24)10-5-6-12(16)11(7-10)15(17,18)19/h5-7,13H,3-4,8-9H2,1-2H3. The van der Waals surface area contributed by atoms with Crippen LogP contribution >= 0.6 is 23.4 Å². The summed E-state index contributed by atoms with van der Waals surface area (Å²) in [5.41, 5.74) is -1.22. The van der Waals surface area contributed by atoms with E-state index in [1.54, 1.807) is 13.8 Å². The van der Waals surface area contributed by atoms with Crippen molar-refractivity contribution in [2.24, 2.45) is 0 Å². The minimum absolute atomic E-state index is 0.00395. The maximum absolute atomic E-state index is 13.0. The lowest BCUT2D eigenvalue weighted by molar-refractivity contribution is -0.137. The number of halogens is 4. The van der Waals surface area contributed by atoms with E-state index in [1.165, 1.54) is 16.7 Å². The lowest BCUT2D eigenvalue weighted by Crippen LogP contribution is -2.48. The molecule has 1 fully saturated rings. The molecule has 1 heterocycles. The number of thioether (sulfide) groups is 1. The number of hydrogen-bond donors (Lipinski definition) is 0. The predicted molar refractivity (Wildman–Crippen MR) is 94.5 cm³/mol. The highest BCUT2D eigenvalue weighted by Gasteiger charge is 2.42. The summed E-state index contributed by atoms with van der Waals surface area (Å²) in [6.07, 6.45) is -4.78. The van der Waals surface area contributed by atoms with Crippen LogP contribution in [0.3, 0.4) is 0 Å². The van der Waals surface area contributed by atoms with E-state index in [-0.39, 0.29) is 17.5 Å². The van der Waals surface area contributed by atoms with Crippen LogP contribution in [0.2, 0.25) is 5.02 Å². The van der Waals surface area contributed by atoms with E-state index < -0.39 is 37.7 Å². The predicted octanol–water partition coefficient (Wildman–Crippen LogP) is 3.29. The maximum atomic E-state index is 13.0. The van der Waals surface area contributed by atoms with Gasteiger partial charge in [0.15, 0.2) is 0 Å². The second-order valence-corrected chi connectivity index (χ2v) is 8.86. The summed E-state index contributed by atoms with van der Waals surface area (Å²) in [6.45, 7) is 4.39. The molecule has 1 aliphatic heterocycles. The first kappa shape index (κ1) is 21.3. The summed E-state index contributed by atoms with van der Waals surface area (Å²) in [5, 5.41) is -0.581. The van der Waals surface area contributed by atoms with Crippen molar-refractivity contribution in [2.45, 2.75) is 31.0 Å². The number of carbonyl (C=O) groups excluding carboxylic acids is 1. The third-order valence-electron chi connectivity index (χ3n) is 4.05. The van der Waals surface area contributed by atoms with Crippen LogP contribution in [-0.4, -0.2) is 54.3 Å². The van der Waals surface area contributed by atoms with Crippen molar-refractivity contribution in [1.82, 2.24) is 9.21 Å². The van der Waals surface area contributed by atoms with Gasteiger partial charge in [0, 0.05) is 18.8 Å². The SMILES string of the molecule is CCN(CC)C(=O)C1CSCN1S(=O)(=O)c1ccc(Cl)c(C(F)(F)F)c1. The van der Waals surface area contributed by atoms with Crippen molar-refractivity contribution in [3.8, 4) is 0 Å². The van der Waals surface area contributed by atoms with Gasteiger partial charge in [0.25, 0.3) is 0 Å². The molecule has 0 spiro atoms. The Morgan fingerprint density at radius 2 is 1.96 bits per heavy atom.